The van der Waals surface area contributed by atoms with Crippen LogP contribution in [0.3, 0.4) is 0 Å². The summed E-state index contributed by atoms with van der Waals surface area (Å²) in [6, 6.07) is 2.12. The quantitative estimate of drug-likeness (QED) is 0.649. The number of ether oxygens (including phenoxy) is 2. The van der Waals surface area contributed by atoms with Crippen molar-refractivity contribution < 1.29 is 9.47 Å². The topological polar surface area (TPSA) is 42.2 Å². The highest BCUT2D eigenvalue weighted by Crippen LogP contribution is 2.21. The lowest BCUT2D eigenvalue weighted by Gasteiger charge is -2.31. The highest BCUT2D eigenvalue weighted by molar-refractivity contribution is 4.74. The van der Waals surface area contributed by atoms with Gasteiger partial charge in [0.05, 0.1) is 24.4 Å². The van der Waals surface area contributed by atoms with Gasteiger partial charge in [-0.3, -0.25) is 0 Å². The van der Waals surface area contributed by atoms with Crippen LogP contribution in [0.5, 0.6) is 0 Å². The minimum atomic E-state index is 0.305. The second-order valence-electron chi connectivity index (χ2n) is 3.98. The second kappa shape index (κ2) is 6.00. The zero-order valence-corrected chi connectivity index (χ0v) is 9.03. The van der Waals surface area contributed by atoms with Gasteiger partial charge in [0.1, 0.15) is 0 Å². The van der Waals surface area contributed by atoms with Crippen LogP contribution in [0.25, 0.3) is 0 Å². The monoisotopic (exact) mass is 197 g/mol. The van der Waals surface area contributed by atoms with Gasteiger partial charge in [0.2, 0.25) is 0 Å². The van der Waals surface area contributed by atoms with E-state index in [2.05, 4.69) is 19.9 Å². The Bertz CT molecular complexity index is 190. The van der Waals surface area contributed by atoms with Crippen LogP contribution < -0.4 is 0 Å². The average molecular weight is 197 g/mol. The Morgan fingerprint density at radius 1 is 1.36 bits per heavy atom. The molecule has 0 bridgehead atoms. The number of hydrogen-bond acceptors (Lipinski definition) is 3. The summed E-state index contributed by atoms with van der Waals surface area (Å²) in [7, 11) is 0. The lowest BCUT2D eigenvalue weighted by Crippen LogP contribution is -2.34. The number of hydrogen-bond donors (Lipinski definition) is 0. The molecule has 2 unspecified atom stereocenters. The maximum Gasteiger partial charge on any atom is 0.0624 e. The molecule has 1 fully saturated rings. The molecule has 0 aromatic rings. The normalized spacial score (nSPS) is 32.5. The second-order valence-corrected chi connectivity index (χ2v) is 3.98. The number of nitrogens with zero attached hydrogens (tertiary/aromatic N) is 1. The first-order valence-electron chi connectivity index (χ1n) is 5.36. The van der Waals surface area contributed by atoms with Crippen molar-refractivity contribution in [3.63, 3.8) is 0 Å². The maximum absolute atomic E-state index is 8.36. The first-order valence-corrected chi connectivity index (χ1v) is 5.36. The van der Waals surface area contributed by atoms with Gasteiger partial charge in [0, 0.05) is 13.0 Å². The molecule has 0 aromatic heterocycles. The molecule has 14 heavy (non-hydrogen) atoms. The van der Waals surface area contributed by atoms with Crippen LogP contribution in [0.15, 0.2) is 0 Å². The van der Waals surface area contributed by atoms with Gasteiger partial charge in [-0.1, -0.05) is 0 Å². The first-order chi connectivity index (χ1) is 6.72. The molecule has 80 valence electrons. The third-order valence-electron chi connectivity index (χ3n) is 2.44. The largest absolute Gasteiger partial charge is 0.378 e. The van der Waals surface area contributed by atoms with Crippen LogP contribution in [0.2, 0.25) is 0 Å². The predicted octanol–water partition coefficient (Wildman–Crippen LogP) is 2.26. The molecule has 0 radical (unpaired) electrons. The smallest absolute Gasteiger partial charge is 0.0624 e. The highest BCUT2D eigenvalue weighted by Gasteiger charge is 2.24. The molecule has 0 saturated carbocycles. The molecule has 1 saturated heterocycles. The van der Waals surface area contributed by atoms with Gasteiger partial charge < -0.3 is 9.47 Å². The predicted molar refractivity (Wildman–Crippen MR) is 53.8 cm³/mol. The Balaban J connectivity index is 2.14. The van der Waals surface area contributed by atoms with Crippen LogP contribution >= 0.6 is 0 Å². The molecule has 1 aliphatic heterocycles. The SMILES string of the molecule is CC1CC(OCCCC#N)CC(C)O1. The van der Waals surface area contributed by atoms with Gasteiger partial charge in [-0.15, -0.1) is 0 Å². The van der Waals surface area contributed by atoms with E-state index in [-0.39, 0.29) is 0 Å². The summed E-state index contributed by atoms with van der Waals surface area (Å²) in [5.74, 6) is 0. The van der Waals surface area contributed by atoms with Crippen molar-refractivity contribution in [3.05, 3.63) is 0 Å². The Kier molecular flexibility index (Phi) is 4.92. The van der Waals surface area contributed by atoms with E-state index < -0.39 is 0 Å². The van der Waals surface area contributed by atoms with E-state index in [1.54, 1.807) is 0 Å². The van der Waals surface area contributed by atoms with Crippen molar-refractivity contribution in [2.75, 3.05) is 6.61 Å². The van der Waals surface area contributed by atoms with Gasteiger partial charge in [-0.2, -0.15) is 5.26 Å². The fraction of sp³-hybridized carbons (Fsp3) is 0.909. The molecule has 0 aromatic carbocycles. The van der Waals surface area contributed by atoms with Crippen LogP contribution in [-0.2, 0) is 9.47 Å². The van der Waals surface area contributed by atoms with Crippen molar-refractivity contribution in [1.82, 2.24) is 0 Å². The molecular weight excluding hydrogens is 178 g/mol. The lowest BCUT2D eigenvalue weighted by molar-refractivity contribution is -0.102. The third kappa shape index (κ3) is 4.08. The lowest BCUT2D eigenvalue weighted by atomic mass is 10.0. The summed E-state index contributed by atoms with van der Waals surface area (Å²) in [6.45, 7) is 4.88. The Hall–Kier alpha value is -0.590. The van der Waals surface area contributed by atoms with Gasteiger partial charge in [-0.05, 0) is 33.1 Å². The van der Waals surface area contributed by atoms with Gasteiger partial charge in [0.25, 0.3) is 0 Å². The van der Waals surface area contributed by atoms with E-state index in [4.69, 9.17) is 14.7 Å². The Labute approximate surface area is 86.0 Å². The Morgan fingerprint density at radius 2 is 2.00 bits per heavy atom. The standard InChI is InChI=1S/C11H19NO2/c1-9-7-11(8-10(2)14-9)13-6-4-3-5-12/h9-11H,3-4,6-8H2,1-2H3. The third-order valence-corrected chi connectivity index (χ3v) is 2.44. The summed E-state index contributed by atoms with van der Waals surface area (Å²) in [6.07, 6.45) is 4.34. The van der Waals surface area contributed by atoms with Crippen molar-refractivity contribution in [3.8, 4) is 6.07 Å². The number of nitriles is 1. The van der Waals surface area contributed by atoms with Crippen LogP contribution in [-0.4, -0.2) is 24.9 Å². The molecule has 0 aliphatic carbocycles. The van der Waals surface area contributed by atoms with Crippen molar-refractivity contribution in [1.29, 1.82) is 5.26 Å². The van der Waals surface area contributed by atoms with Crippen LogP contribution in [0.1, 0.15) is 39.5 Å². The summed E-state index contributed by atoms with van der Waals surface area (Å²) < 4.78 is 11.3. The van der Waals surface area contributed by atoms with E-state index in [1.807, 2.05) is 0 Å². The fourth-order valence-electron chi connectivity index (χ4n) is 1.88. The van der Waals surface area contributed by atoms with Crippen molar-refractivity contribution in [2.24, 2.45) is 0 Å². The molecule has 1 aliphatic rings. The molecule has 2 atom stereocenters. The zero-order valence-electron chi connectivity index (χ0n) is 9.03. The average Bonchev–Trinajstić information content (AvgIpc) is 2.11. The zero-order chi connectivity index (χ0) is 10.4. The molecule has 3 nitrogen and oxygen atoms in total. The molecule has 1 heterocycles. The van der Waals surface area contributed by atoms with Gasteiger partial charge in [0.15, 0.2) is 0 Å². The van der Waals surface area contributed by atoms with Crippen molar-refractivity contribution >= 4 is 0 Å². The van der Waals surface area contributed by atoms with Crippen LogP contribution in [0, 0.1) is 11.3 Å². The molecule has 0 amide bonds. The van der Waals surface area contributed by atoms with E-state index >= 15 is 0 Å². The summed E-state index contributed by atoms with van der Waals surface area (Å²) >= 11 is 0. The molecule has 0 N–H and O–H groups in total. The summed E-state index contributed by atoms with van der Waals surface area (Å²) in [5, 5.41) is 8.36. The first kappa shape index (κ1) is 11.5. The number of unbranched alkanes of at least 4 members (excludes halogenated alkanes) is 1. The minimum absolute atomic E-state index is 0.305. The highest BCUT2D eigenvalue weighted by atomic mass is 16.5. The van der Waals surface area contributed by atoms with Crippen LogP contribution in [0.4, 0.5) is 0 Å². The van der Waals surface area contributed by atoms with E-state index in [1.165, 1.54) is 0 Å². The van der Waals surface area contributed by atoms with E-state index in [9.17, 15) is 0 Å². The van der Waals surface area contributed by atoms with E-state index in [0.29, 0.717) is 31.3 Å². The van der Waals surface area contributed by atoms with Gasteiger partial charge >= 0.3 is 0 Å². The minimum Gasteiger partial charge on any atom is -0.378 e. The molecule has 1 rings (SSSR count). The fourth-order valence-corrected chi connectivity index (χ4v) is 1.88. The summed E-state index contributed by atoms with van der Waals surface area (Å²) in [4.78, 5) is 0. The Morgan fingerprint density at radius 3 is 2.57 bits per heavy atom. The molecular formula is C11H19NO2. The summed E-state index contributed by atoms with van der Waals surface area (Å²) in [5.41, 5.74) is 0. The molecule has 0 spiro atoms. The maximum atomic E-state index is 8.36. The van der Waals surface area contributed by atoms with Gasteiger partial charge in [-0.25, -0.2) is 0 Å². The van der Waals surface area contributed by atoms with Crippen molar-refractivity contribution in [2.45, 2.75) is 57.8 Å². The molecule has 3 heteroatoms. The number of rotatable bonds is 4. The van der Waals surface area contributed by atoms with E-state index in [0.717, 1.165) is 19.3 Å².